The summed E-state index contributed by atoms with van der Waals surface area (Å²) in [6.07, 6.45) is 6.04. The van der Waals surface area contributed by atoms with Gasteiger partial charge in [-0.05, 0) is 82.9 Å². The van der Waals surface area contributed by atoms with E-state index in [1.165, 1.54) is 23.1 Å². The molecular weight excluding hydrogens is 581 g/mol. The maximum absolute atomic E-state index is 13.8. The molecule has 3 aromatic carbocycles. The predicted molar refractivity (Wildman–Crippen MR) is 166 cm³/mol. The van der Waals surface area contributed by atoms with E-state index in [1.54, 1.807) is 60.8 Å². The quantitative estimate of drug-likeness (QED) is 0.190. The lowest BCUT2D eigenvalue weighted by Crippen LogP contribution is -2.34. The van der Waals surface area contributed by atoms with Crippen molar-refractivity contribution in [3.05, 3.63) is 126 Å². The predicted octanol–water partition coefficient (Wildman–Crippen LogP) is 7.21. The van der Waals surface area contributed by atoms with Crippen molar-refractivity contribution >= 4 is 34.7 Å². The van der Waals surface area contributed by atoms with Crippen LogP contribution in [0, 0.1) is 5.82 Å². The van der Waals surface area contributed by atoms with Gasteiger partial charge in [0.2, 0.25) is 5.91 Å². The Hall–Kier alpha value is -5.64. The largest absolute Gasteiger partial charge is 0.459 e. The van der Waals surface area contributed by atoms with Crippen LogP contribution >= 0.6 is 0 Å². The second-order valence-corrected chi connectivity index (χ2v) is 10.6. The van der Waals surface area contributed by atoms with E-state index in [-0.39, 0.29) is 30.7 Å². The number of aromatic nitrogens is 1. The van der Waals surface area contributed by atoms with E-state index in [0.29, 0.717) is 22.7 Å². The van der Waals surface area contributed by atoms with E-state index in [4.69, 9.17) is 10.2 Å². The molecule has 0 atom stereocenters. The summed E-state index contributed by atoms with van der Waals surface area (Å²) in [6, 6.07) is 22.0. The zero-order valence-corrected chi connectivity index (χ0v) is 23.8. The van der Waals surface area contributed by atoms with Gasteiger partial charge in [-0.25, -0.2) is 18.2 Å². The lowest BCUT2D eigenvalue weighted by atomic mass is 9.96. The van der Waals surface area contributed by atoms with Crippen molar-refractivity contribution in [2.24, 2.45) is 0 Å². The van der Waals surface area contributed by atoms with Gasteiger partial charge < -0.3 is 20.4 Å². The summed E-state index contributed by atoms with van der Waals surface area (Å²) in [4.78, 5) is 30.6. The average Bonchev–Trinajstić information content (AvgIpc) is 3.46. The number of hydrogen-bond donors (Lipinski definition) is 2. The molecule has 0 unspecified atom stereocenters. The van der Waals surface area contributed by atoms with E-state index in [0.717, 1.165) is 45.5 Å². The number of benzene rings is 3. The molecule has 2 aromatic heterocycles. The zero-order chi connectivity index (χ0) is 31.6. The van der Waals surface area contributed by atoms with Gasteiger partial charge in [0.25, 0.3) is 11.8 Å². The summed E-state index contributed by atoms with van der Waals surface area (Å²) in [5, 5.41) is 3.57. The number of nitrogen functional groups attached to an aromatic ring is 1. The smallest absolute Gasteiger partial charge is 0.269 e. The molecule has 3 heterocycles. The van der Waals surface area contributed by atoms with Gasteiger partial charge in [0.15, 0.2) is 0 Å². The maximum Gasteiger partial charge on any atom is 0.269 e. The molecule has 2 amide bonds. The van der Waals surface area contributed by atoms with Crippen molar-refractivity contribution in [1.82, 2.24) is 15.2 Å². The molecule has 6 rings (SSSR count). The van der Waals surface area contributed by atoms with Crippen molar-refractivity contribution in [3.63, 3.8) is 0 Å². The van der Waals surface area contributed by atoms with Crippen LogP contribution in [0.4, 0.5) is 19.0 Å². The first kappa shape index (κ1) is 29.4. The number of nitrogens with two attached hydrogens (primary N) is 1. The number of furan rings is 1. The van der Waals surface area contributed by atoms with E-state index in [9.17, 15) is 22.8 Å². The van der Waals surface area contributed by atoms with Crippen LogP contribution in [0.5, 0.6) is 0 Å². The van der Waals surface area contributed by atoms with Gasteiger partial charge in [-0.3, -0.25) is 9.59 Å². The van der Waals surface area contributed by atoms with E-state index >= 15 is 0 Å². The van der Waals surface area contributed by atoms with Gasteiger partial charge >= 0.3 is 0 Å². The molecule has 10 heteroatoms. The van der Waals surface area contributed by atoms with E-state index in [2.05, 4.69) is 10.3 Å². The summed E-state index contributed by atoms with van der Waals surface area (Å²) >= 11 is 0. The first-order valence-electron chi connectivity index (χ1n) is 14.1. The Morgan fingerprint density at radius 2 is 1.73 bits per heavy atom. The highest BCUT2D eigenvalue weighted by molar-refractivity contribution is 5.98. The van der Waals surface area contributed by atoms with Crippen molar-refractivity contribution in [2.45, 2.75) is 18.9 Å². The maximum atomic E-state index is 13.8. The first-order valence-corrected chi connectivity index (χ1v) is 14.1. The molecule has 0 bridgehead atoms. The Kier molecular flexibility index (Phi) is 7.95. The van der Waals surface area contributed by atoms with Gasteiger partial charge in [-0.1, -0.05) is 24.3 Å². The number of nitrogens with zero attached hydrogens (tertiary/aromatic N) is 2. The number of hydrogen-bond acceptors (Lipinski definition) is 5. The number of rotatable bonds is 7. The van der Waals surface area contributed by atoms with Crippen LogP contribution in [0.3, 0.4) is 0 Å². The van der Waals surface area contributed by atoms with Gasteiger partial charge in [0, 0.05) is 54.0 Å². The lowest BCUT2D eigenvalue weighted by Gasteiger charge is -2.26. The number of nitrogens with one attached hydrogen (secondary N) is 1. The Bertz CT molecular complexity index is 1930. The van der Waals surface area contributed by atoms with Crippen LogP contribution in [0.2, 0.25) is 0 Å². The van der Waals surface area contributed by atoms with Crippen LogP contribution in [-0.2, 0) is 11.3 Å². The molecule has 226 valence electrons. The normalized spacial score (nSPS) is 14.2. The van der Waals surface area contributed by atoms with Gasteiger partial charge in [0.1, 0.15) is 23.0 Å². The Balaban J connectivity index is 1.26. The first-order chi connectivity index (χ1) is 21.6. The Morgan fingerprint density at radius 3 is 2.42 bits per heavy atom. The van der Waals surface area contributed by atoms with E-state index < -0.39 is 12.3 Å². The van der Waals surface area contributed by atoms with Gasteiger partial charge in [0.05, 0.1) is 6.54 Å². The van der Waals surface area contributed by atoms with Gasteiger partial charge in [-0.2, -0.15) is 0 Å². The number of anilines is 1. The zero-order valence-electron chi connectivity index (χ0n) is 23.8. The van der Waals surface area contributed by atoms with Crippen molar-refractivity contribution in [3.8, 4) is 22.3 Å². The van der Waals surface area contributed by atoms with Crippen molar-refractivity contribution < 1.29 is 27.2 Å². The number of carbonyl (C=O) groups is 2. The van der Waals surface area contributed by atoms with Crippen LogP contribution in [0.15, 0.2) is 108 Å². The number of pyridine rings is 1. The molecule has 45 heavy (non-hydrogen) atoms. The summed E-state index contributed by atoms with van der Waals surface area (Å²) in [6.45, 7) is 0.0606. The minimum Gasteiger partial charge on any atom is -0.459 e. The second kappa shape index (κ2) is 12.2. The monoisotopic (exact) mass is 608 g/mol. The summed E-state index contributed by atoms with van der Waals surface area (Å²) in [7, 11) is 0. The third-order valence-corrected chi connectivity index (χ3v) is 7.41. The van der Waals surface area contributed by atoms with Crippen LogP contribution in [-0.4, -0.2) is 34.2 Å². The minimum absolute atomic E-state index is 0.0680. The van der Waals surface area contributed by atoms with Crippen molar-refractivity contribution in [1.29, 1.82) is 0 Å². The number of carbonyl (C=O) groups excluding carboxylic acids is 2. The number of amides is 2. The third-order valence-electron chi connectivity index (χ3n) is 7.41. The van der Waals surface area contributed by atoms with Crippen LogP contribution in [0.1, 0.15) is 28.1 Å². The molecule has 1 aliphatic rings. The fourth-order valence-electron chi connectivity index (χ4n) is 4.99. The average molecular weight is 609 g/mol. The summed E-state index contributed by atoms with van der Waals surface area (Å²) in [5.74, 6) is -3.06. The Morgan fingerprint density at radius 1 is 0.978 bits per heavy atom. The standard InChI is InChI=1S/C35H27F3N4O3/c36-28-9-7-24(8-10-28)30-19-26(23-3-5-25(6-4-23)34(44)42-15-13-35(37,38)14-16-42)17-27-18-29(45-33(27)30)21-41-32(43)12-2-22-1-11-31(39)40-20-22/h1-13,15,17-20H,14,16,21H2,(H2,39,40)(H,41,43)/b12-2+. The fourth-order valence-corrected chi connectivity index (χ4v) is 4.99. The SMILES string of the molecule is Nc1ccc(/C=C/C(=O)NCc2cc3cc(-c4ccc(C(=O)N5C=CC(F)(F)CC5)cc4)cc(-c4ccc(F)cc4)c3o2)cn1. The molecule has 0 saturated heterocycles. The van der Waals surface area contributed by atoms with Crippen molar-refractivity contribution in [2.75, 3.05) is 12.3 Å². The fraction of sp³-hybridized carbons (Fsp3) is 0.114. The molecule has 0 aliphatic carbocycles. The topological polar surface area (TPSA) is 101 Å². The number of allylic oxidation sites excluding steroid dienone is 1. The minimum atomic E-state index is -2.91. The lowest BCUT2D eigenvalue weighted by molar-refractivity contribution is -0.116. The van der Waals surface area contributed by atoms with Crippen LogP contribution < -0.4 is 11.1 Å². The van der Waals surface area contributed by atoms with Gasteiger partial charge in [-0.15, -0.1) is 0 Å². The molecule has 0 saturated carbocycles. The molecule has 3 N–H and O–H groups in total. The molecule has 0 fully saturated rings. The Labute approximate surface area is 256 Å². The molecule has 0 spiro atoms. The molecule has 0 radical (unpaired) electrons. The molecule has 1 aliphatic heterocycles. The highest BCUT2D eigenvalue weighted by atomic mass is 19.3. The summed E-state index contributed by atoms with van der Waals surface area (Å²) < 4.78 is 46.9. The number of halogens is 3. The highest BCUT2D eigenvalue weighted by Crippen LogP contribution is 2.36. The van der Waals surface area contributed by atoms with Crippen LogP contribution in [0.25, 0.3) is 39.3 Å². The third kappa shape index (κ3) is 6.80. The highest BCUT2D eigenvalue weighted by Gasteiger charge is 2.31. The van der Waals surface area contributed by atoms with E-state index in [1.807, 2.05) is 18.2 Å². The second-order valence-electron chi connectivity index (χ2n) is 10.6. The number of fused-ring (bicyclic) bond motifs is 1. The molecule has 7 nitrogen and oxygen atoms in total. The summed E-state index contributed by atoms with van der Waals surface area (Å²) in [5.41, 5.74) is 10.3. The molecular formula is C35H27F3N4O3. The number of alkyl halides is 2. The molecule has 5 aromatic rings.